The Kier molecular flexibility index (Phi) is 8.53. The second-order valence-corrected chi connectivity index (χ2v) is 8.54. The molecule has 2 aromatic rings. The smallest absolute Gasteiger partial charge is 0.418 e. The van der Waals surface area contributed by atoms with Crippen molar-refractivity contribution in [2.75, 3.05) is 13.1 Å². The summed E-state index contributed by atoms with van der Waals surface area (Å²) in [7, 11) is 0. The number of nitrogens with zero attached hydrogens (tertiary/aromatic N) is 1. The molecule has 1 unspecified atom stereocenters. The summed E-state index contributed by atoms with van der Waals surface area (Å²) in [5, 5.41) is 10.4. The molecular formula is C26H25F6N3O3. The van der Waals surface area contributed by atoms with Crippen LogP contribution in [0.15, 0.2) is 66.2 Å². The van der Waals surface area contributed by atoms with Gasteiger partial charge in [-0.15, -0.1) is 0 Å². The van der Waals surface area contributed by atoms with Crippen molar-refractivity contribution in [1.82, 2.24) is 10.2 Å². The van der Waals surface area contributed by atoms with Gasteiger partial charge in [0.25, 0.3) is 17.5 Å². The van der Waals surface area contributed by atoms with Crippen molar-refractivity contribution in [1.29, 1.82) is 5.41 Å². The fraction of sp³-hybridized carbons (Fsp3) is 0.346. The van der Waals surface area contributed by atoms with E-state index in [1.807, 2.05) is 30.3 Å². The molecular weight excluding hydrogens is 516 g/mol. The number of hydrogen-bond donors (Lipinski definition) is 2. The average Bonchev–Trinajstić information content (AvgIpc) is 2.84. The van der Waals surface area contributed by atoms with Crippen LogP contribution in [0.25, 0.3) is 0 Å². The highest BCUT2D eigenvalue weighted by Crippen LogP contribution is 2.37. The van der Waals surface area contributed by atoms with Crippen LogP contribution in [0.4, 0.5) is 26.3 Å². The number of nitrogens with one attached hydrogen (secondary N) is 2. The Morgan fingerprint density at radius 1 is 1.05 bits per heavy atom. The molecule has 1 aliphatic heterocycles. The van der Waals surface area contributed by atoms with Crippen molar-refractivity contribution in [2.45, 2.75) is 44.3 Å². The van der Waals surface area contributed by atoms with E-state index in [4.69, 9.17) is 10.1 Å². The third-order valence-corrected chi connectivity index (χ3v) is 6.03. The van der Waals surface area contributed by atoms with Crippen LogP contribution in [-0.4, -0.2) is 47.4 Å². The zero-order valence-electron chi connectivity index (χ0n) is 20.2. The number of halogens is 6. The van der Waals surface area contributed by atoms with Crippen LogP contribution in [-0.2, 0) is 22.2 Å². The normalized spacial score (nSPS) is 18.0. The molecule has 0 spiro atoms. The molecule has 1 heterocycles. The maximum absolute atomic E-state index is 13.3. The number of aryl methyl sites for hydroxylation is 1. The molecule has 1 aliphatic rings. The topological polar surface area (TPSA) is 82.5 Å². The average molecular weight is 541 g/mol. The summed E-state index contributed by atoms with van der Waals surface area (Å²) in [5.74, 6) is -2.46. The zero-order chi connectivity index (χ0) is 28.1. The number of amides is 2. The molecule has 6 nitrogen and oxygen atoms in total. The van der Waals surface area contributed by atoms with Gasteiger partial charge in [0.2, 0.25) is 0 Å². The van der Waals surface area contributed by atoms with E-state index < -0.39 is 46.7 Å². The van der Waals surface area contributed by atoms with Gasteiger partial charge in [0.15, 0.2) is 0 Å². The number of alkyl halides is 6. The van der Waals surface area contributed by atoms with E-state index in [0.29, 0.717) is 23.8 Å². The third-order valence-electron chi connectivity index (χ3n) is 6.03. The summed E-state index contributed by atoms with van der Waals surface area (Å²) in [6, 6.07) is 12.7. The van der Waals surface area contributed by atoms with Gasteiger partial charge in [-0.2, -0.15) is 26.3 Å². The number of benzene rings is 2. The molecule has 0 radical (unpaired) electrons. The van der Waals surface area contributed by atoms with Crippen LogP contribution in [0.3, 0.4) is 0 Å². The number of ether oxygens (including phenoxy) is 1. The van der Waals surface area contributed by atoms with Gasteiger partial charge in [-0.3, -0.25) is 19.9 Å². The van der Waals surface area contributed by atoms with E-state index in [9.17, 15) is 35.9 Å². The van der Waals surface area contributed by atoms with E-state index in [-0.39, 0.29) is 25.3 Å². The number of rotatable bonds is 9. The molecule has 0 aromatic heterocycles. The number of allylic oxidation sites excluding steroid dienone is 1. The lowest BCUT2D eigenvalue weighted by atomic mass is 9.94. The molecule has 0 bridgehead atoms. The Bertz CT molecular complexity index is 1190. The van der Waals surface area contributed by atoms with Gasteiger partial charge >= 0.3 is 12.4 Å². The molecule has 1 atom stereocenters. The van der Waals surface area contributed by atoms with Gasteiger partial charge in [-0.05, 0) is 49.6 Å². The molecule has 2 aromatic carbocycles. The summed E-state index contributed by atoms with van der Waals surface area (Å²) in [4.78, 5) is 26.9. The van der Waals surface area contributed by atoms with Gasteiger partial charge in [0.1, 0.15) is 11.5 Å². The van der Waals surface area contributed by atoms with E-state index >= 15 is 0 Å². The highest BCUT2D eigenvalue weighted by atomic mass is 19.4. The van der Waals surface area contributed by atoms with Crippen molar-refractivity contribution >= 4 is 17.5 Å². The van der Waals surface area contributed by atoms with Gasteiger partial charge in [-0.25, -0.2) is 0 Å². The minimum atomic E-state index is -4.98. The largest absolute Gasteiger partial charge is 0.458 e. The van der Waals surface area contributed by atoms with Gasteiger partial charge in [0, 0.05) is 19.5 Å². The SMILES string of the molecule is C/C=C(\C(=N)C(=O)N1CCC1(Oc1ccc(C(F)(F)F)cc1)C(=O)NCCCc1ccccc1)C(F)(F)F. The Labute approximate surface area is 214 Å². The molecule has 0 aliphatic carbocycles. The molecule has 3 rings (SSSR count). The summed E-state index contributed by atoms with van der Waals surface area (Å²) in [5.41, 5.74) is -4.97. The Balaban J connectivity index is 1.82. The summed E-state index contributed by atoms with van der Waals surface area (Å²) < 4.78 is 84.5. The van der Waals surface area contributed by atoms with Crippen molar-refractivity contribution in [2.24, 2.45) is 0 Å². The van der Waals surface area contributed by atoms with E-state index in [0.717, 1.165) is 36.8 Å². The van der Waals surface area contributed by atoms with Crippen molar-refractivity contribution in [3.8, 4) is 5.75 Å². The van der Waals surface area contributed by atoms with E-state index in [1.165, 1.54) is 0 Å². The van der Waals surface area contributed by atoms with Crippen LogP contribution in [0.5, 0.6) is 5.75 Å². The quantitative estimate of drug-likeness (QED) is 0.257. The lowest BCUT2D eigenvalue weighted by molar-refractivity contribution is -0.188. The molecule has 38 heavy (non-hydrogen) atoms. The van der Waals surface area contributed by atoms with Crippen LogP contribution in [0, 0.1) is 5.41 Å². The Hall–Kier alpha value is -3.83. The summed E-state index contributed by atoms with van der Waals surface area (Å²) in [6.45, 7) is 0.953. The first-order chi connectivity index (χ1) is 17.8. The fourth-order valence-electron chi connectivity index (χ4n) is 3.96. The second-order valence-electron chi connectivity index (χ2n) is 8.54. The first-order valence-corrected chi connectivity index (χ1v) is 11.6. The maximum Gasteiger partial charge on any atom is 0.418 e. The lowest BCUT2D eigenvalue weighted by Gasteiger charge is -2.50. The zero-order valence-corrected chi connectivity index (χ0v) is 20.2. The molecule has 204 valence electrons. The lowest BCUT2D eigenvalue weighted by Crippen LogP contribution is -2.73. The van der Waals surface area contributed by atoms with Gasteiger partial charge in [-0.1, -0.05) is 36.4 Å². The van der Waals surface area contributed by atoms with E-state index in [1.54, 1.807) is 0 Å². The van der Waals surface area contributed by atoms with Crippen LogP contribution >= 0.6 is 0 Å². The Morgan fingerprint density at radius 2 is 1.68 bits per heavy atom. The van der Waals surface area contributed by atoms with Crippen LogP contribution in [0.1, 0.15) is 30.9 Å². The van der Waals surface area contributed by atoms with Crippen molar-refractivity contribution in [3.05, 3.63) is 77.4 Å². The maximum atomic E-state index is 13.3. The molecule has 12 heteroatoms. The van der Waals surface area contributed by atoms with Crippen LogP contribution in [0.2, 0.25) is 0 Å². The standard InChI is InChI=1S/C26H25F6N3O3/c1-2-20(26(30,31)32)21(33)22(36)35-16-14-24(35,38-19-12-10-18(11-13-19)25(27,28)29)23(37)34-15-6-9-17-7-4-3-5-8-17/h2-5,7-8,10-13,33H,6,9,14-16H2,1H3,(H,34,37)/b20-2+,33-21?. The summed E-state index contributed by atoms with van der Waals surface area (Å²) in [6.07, 6.45) is -8.08. The number of likely N-dealkylation sites (tertiary alicyclic amines) is 1. The number of hydrogen-bond acceptors (Lipinski definition) is 4. The van der Waals surface area contributed by atoms with Crippen molar-refractivity contribution in [3.63, 3.8) is 0 Å². The minimum Gasteiger partial charge on any atom is -0.458 e. The molecule has 0 saturated carbocycles. The van der Waals surface area contributed by atoms with Gasteiger partial charge < -0.3 is 10.1 Å². The van der Waals surface area contributed by atoms with Gasteiger partial charge in [0.05, 0.1) is 11.1 Å². The predicted molar refractivity (Wildman–Crippen MR) is 126 cm³/mol. The predicted octanol–water partition coefficient (Wildman–Crippen LogP) is 5.29. The third kappa shape index (κ3) is 6.35. The first kappa shape index (κ1) is 28.7. The minimum absolute atomic E-state index is 0.133. The monoisotopic (exact) mass is 541 g/mol. The summed E-state index contributed by atoms with van der Waals surface area (Å²) >= 11 is 0. The molecule has 1 saturated heterocycles. The Morgan fingerprint density at radius 3 is 2.18 bits per heavy atom. The second kappa shape index (κ2) is 11.3. The van der Waals surface area contributed by atoms with Crippen LogP contribution < -0.4 is 10.1 Å². The molecule has 1 fully saturated rings. The highest BCUT2D eigenvalue weighted by molar-refractivity contribution is 6.44. The van der Waals surface area contributed by atoms with Crippen molar-refractivity contribution < 1.29 is 40.7 Å². The molecule has 2 N–H and O–H groups in total. The first-order valence-electron chi connectivity index (χ1n) is 11.6. The number of carbonyl (C=O) groups is 2. The number of carbonyl (C=O) groups excluding carboxylic acids is 2. The molecule has 2 amide bonds. The fourth-order valence-corrected chi connectivity index (χ4v) is 3.96. The highest BCUT2D eigenvalue weighted by Gasteiger charge is 2.57. The van der Waals surface area contributed by atoms with E-state index in [2.05, 4.69) is 5.32 Å².